The van der Waals surface area contributed by atoms with E-state index in [4.69, 9.17) is 4.74 Å². The number of rotatable bonds is 36. The van der Waals surface area contributed by atoms with Gasteiger partial charge in [-0.3, -0.25) is 13.9 Å². The van der Waals surface area contributed by atoms with E-state index in [2.05, 4.69) is 38.2 Å². The molecule has 9 nitrogen and oxygen atoms in total. The molecule has 1 atom stereocenters. The Bertz CT molecular complexity index is 1040. The first kappa shape index (κ1) is 47.7. The average molecular weight is 736 g/mol. The summed E-state index contributed by atoms with van der Waals surface area (Å²) in [7, 11) is -8.92. The molecule has 0 aromatic carbocycles. The van der Waals surface area contributed by atoms with E-state index in [1.807, 2.05) is 0 Å². The number of allylic oxidation sites excluding steroid dienone is 4. The van der Waals surface area contributed by atoms with Crippen molar-refractivity contribution in [2.75, 3.05) is 32.1 Å². The molecule has 2 N–H and O–H groups in total. The van der Waals surface area contributed by atoms with Crippen LogP contribution in [0.25, 0.3) is 0 Å². The zero-order chi connectivity index (χ0) is 36.5. The molecular formula is C38H73NO8S2. The predicted octanol–water partition coefficient (Wildman–Crippen LogP) is 9.88. The van der Waals surface area contributed by atoms with Crippen molar-refractivity contribution in [2.24, 2.45) is 0 Å². The van der Waals surface area contributed by atoms with Crippen molar-refractivity contribution in [1.82, 2.24) is 4.90 Å². The van der Waals surface area contributed by atoms with Crippen LogP contribution in [0.5, 0.6) is 0 Å². The van der Waals surface area contributed by atoms with Crippen LogP contribution in [0.4, 0.5) is 0 Å². The van der Waals surface area contributed by atoms with Gasteiger partial charge in [0.1, 0.15) is 5.25 Å². The summed E-state index contributed by atoms with van der Waals surface area (Å²) < 4.78 is 71.7. The van der Waals surface area contributed by atoms with Gasteiger partial charge in [0.05, 0.1) is 12.4 Å². The van der Waals surface area contributed by atoms with Crippen LogP contribution in [0.1, 0.15) is 174 Å². The van der Waals surface area contributed by atoms with Crippen molar-refractivity contribution in [2.45, 2.75) is 180 Å². The molecule has 0 saturated carbocycles. The zero-order valence-electron chi connectivity index (χ0n) is 31.2. The topological polar surface area (TPSA) is 138 Å². The Morgan fingerprint density at radius 2 is 1.08 bits per heavy atom. The van der Waals surface area contributed by atoms with Crippen LogP contribution < -0.4 is 0 Å². The molecule has 0 aromatic heterocycles. The fourth-order valence-electron chi connectivity index (χ4n) is 5.70. The fraction of sp³-hybridized carbons (Fsp3) is 0.868. The molecule has 0 bridgehead atoms. The van der Waals surface area contributed by atoms with Gasteiger partial charge in [-0.15, -0.1) is 0 Å². The van der Waals surface area contributed by atoms with Gasteiger partial charge in [-0.1, -0.05) is 147 Å². The Balaban J connectivity index is 4.39. The number of ether oxygens (including phenoxy) is 1. The minimum Gasteiger partial charge on any atom is -0.380 e. The van der Waals surface area contributed by atoms with Crippen LogP contribution in [-0.2, 0) is 29.8 Å². The van der Waals surface area contributed by atoms with Crippen LogP contribution in [0.3, 0.4) is 0 Å². The summed E-state index contributed by atoms with van der Waals surface area (Å²) in [5.74, 6) is -1.11. The molecule has 49 heavy (non-hydrogen) atoms. The quantitative estimate of drug-likeness (QED) is 0.0368. The van der Waals surface area contributed by atoms with Gasteiger partial charge in [0.2, 0.25) is 5.91 Å². The summed E-state index contributed by atoms with van der Waals surface area (Å²) in [5, 5.41) is -1.40. The van der Waals surface area contributed by atoms with Gasteiger partial charge in [0.15, 0.2) is 0 Å². The van der Waals surface area contributed by atoms with E-state index in [0.717, 1.165) is 69.1 Å². The Hall–Kier alpha value is -1.27. The van der Waals surface area contributed by atoms with Crippen molar-refractivity contribution in [3.8, 4) is 0 Å². The molecule has 1 unspecified atom stereocenters. The highest BCUT2D eigenvalue weighted by atomic mass is 32.2. The van der Waals surface area contributed by atoms with Gasteiger partial charge in [-0.25, -0.2) is 0 Å². The molecule has 0 aliphatic heterocycles. The number of hydrogen-bond donors (Lipinski definition) is 2. The maximum atomic E-state index is 13.0. The second kappa shape index (κ2) is 32.6. The Labute approximate surface area is 301 Å². The molecule has 1 amide bonds. The van der Waals surface area contributed by atoms with Gasteiger partial charge in [-0.05, 0) is 44.9 Å². The summed E-state index contributed by atoms with van der Waals surface area (Å²) in [6.45, 7) is 3.74. The van der Waals surface area contributed by atoms with E-state index in [9.17, 15) is 30.7 Å². The summed E-state index contributed by atoms with van der Waals surface area (Å²) in [6, 6.07) is 0. The molecule has 0 heterocycles. The highest BCUT2D eigenvalue weighted by Crippen LogP contribution is 2.14. The Morgan fingerprint density at radius 3 is 1.59 bits per heavy atom. The molecule has 0 fully saturated rings. The van der Waals surface area contributed by atoms with Crippen molar-refractivity contribution >= 4 is 26.1 Å². The average Bonchev–Trinajstić information content (AvgIpc) is 3.04. The highest BCUT2D eigenvalue weighted by molar-refractivity contribution is 7.86. The maximum absolute atomic E-state index is 13.0. The van der Waals surface area contributed by atoms with Gasteiger partial charge in [0, 0.05) is 26.1 Å². The monoisotopic (exact) mass is 735 g/mol. The smallest absolute Gasteiger partial charge is 0.271 e. The highest BCUT2D eigenvalue weighted by Gasteiger charge is 2.29. The zero-order valence-corrected chi connectivity index (χ0v) is 32.8. The molecule has 290 valence electrons. The molecule has 0 aliphatic carbocycles. The number of nitrogens with zero attached hydrogens (tertiary/aromatic N) is 1. The van der Waals surface area contributed by atoms with Crippen LogP contribution >= 0.6 is 0 Å². The molecule has 0 saturated heterocycles. The summed E-state index contributed by atoms with van der Waals surface area (Å²) >= 11 is 0. The molecule has 11 heteroatoms. The molecule has 0 rings (SSSR count). The number of amides is 1. The van der Waals surface area contributed by atoms with E-state index in [1.165, 1.54) is 83.5 Å². The first-order valence-corrected chi connectivity index (χ1v) is 22.7. The van der Waals surface area contributed by atoms with Crippen LogP contribution in [0.15, 0.2) is 24.3 Å². The van der Waals surface area contributed by atoms with Gasteiger partial charge < -0.3 is 9.64 Å². The fourth-order valence-corrected chi connectivity index (χ4v) is 6.79. The maximum Gasteiger partial charge on any atom is 0.271 e. The summed E-state index contributed by atoms with van der Waals surface area (Å²) in [5.41, 5.74) is 0. The molecular weight excluding hydrogens is 663 g/mol. The van der Waals surface area contributed by atoms with E-state index < -0.39 is 43.7 Å². The lowest BCUT2D eigenvalue weighted by atomic mass is 10.0. The molecule has 0 aliphatic rings. The molecule has 0 radical (unpaired) electrons. The second-order valence-corrected chi connectivity index (χ2v) is 16.8. The number of carbonyl (C=O) groups is 1. The summed E-state index contributed by atoms with van der Waals surface area (Å²) in [6.07, 6.45) is 36.2. The number of unbranched alkanes of at least 4 members (excludes halogenated alkanes) is 20. The summed E-state index contributed by atoms with van der Waals surface area (Å²) in [4.78, 5) is 14.1. The lowest BCUT2D eigenvalue weighted by Gasteiger charge is -2.26. The van der Waals surface area contributed by atoms with Crippen molar-refractivity contribution < 1.29 is 35.5 Å². The molecule has 0 aromatic rings. The first-order chi connectivity index (χ1) is 23.5. The standard InChI is InChI=1S/C38H73NO8S2/c1-3-5-7-9-11-13-15-17-18-19-21-23-25-27-29-31-38(40)39(32-34-48(41,42)43)35-37(49(44,45)46)36-47-33-30-28-26-24-22-20-16-14-12-10-8-6-4-2/h11,13,17-18,37H,3-10,12,14-16,19-36H2,1-2H3,(H,41,42,43)(H,44,45,46)/b13-11-,18-17-. The Kier molecular flexibility index (Phi) is 31.8. The minimum atomic E-state index is -4.56. The predicted molar refractivity (Wildman–Crippen MR) is 204 cm³/mol. The number of carbonyl (C=O) groups excluding carboxylic acids is 1. The third-order valence-corrected chi connectivity index (χ3v) is 10.7. The first-order valence-electron chi connectivity index (χ1n) is 19.6. The Morgan fingerprint density at radius 1 is 0.633 bits per heavy atom. The lowest BCUT2D eigenvalue weighted by molar-refractivity contribution is -0.131. The van der Waals surface area contributed by atoms with E-state index in [0.29, 0.717) is 13.0 Å². The van der Waals surface area contributed by atoms with Gasteiger partial charge in [-0.2, -0.15) is 16.8 Å². The van der Waals surface area contributed by atoms with Gasteiger partial charge in [0.25, 0.3) is 20.2 Å². The lowest BCUT2D eigenvalue weighted by Crippen LogP contribution is -2.44. The normalized spacial score (nSPS) is 13.1. The third-order valence-electron chi connectivity index (χ3n) is 8.85. The van der Waals surface area contributed by atoms with Crippen LogP contribution in [0.2, 0.25) is 0 Å². The molecule has 0 spiro atoms. The van der Waals surface area contributed by atoms with Crippen LogP contribution in [0, 0.1) is 0 Å². The van der Waals surface area contributed by atoms with Gasteiger partial charge >= 0.3 is 0 Å². The van der Waals surface area contributed by atoms with Crippen molar-refractivity contribution in [3.05, 3.63) is 24.3 Å². The van der Waals surface area contributed by atoms with E-state index >= 15 is 0 Å². The van der Waals surface area contributed by atoms with Crippen LogP contribution in [-0.4, -0.2) is 74.1 Å². The second-order valence-electron chi connectivity index (χ2n) is 13.6. The van der Waals surface area contributed by atoms with E-state index in [1.54, 1.807) is 0 Å². The van der Waals surface area contributed by atoms with Crippen molar-refractivity contribution in [3.63, 3.8) is 0 Å². The third kappa shape index (κ3) is 33.6. The van der Waals surface area contributed by atoms with E-state index in [-0.39, 0.29) is 19.6 Å². The van der Waals surface area contributed by atoms with Crippen molar-refractivity contribution in [1.29, 1.82) is 0 Å². The minimum absolute atomic E-state index is 0.133. The number of hydrogen-bond acceptors (Lipinski definition) is 6. The SMILES string of the molecule is CCCCC/C=C\C/C=C\CCCCCCCC(=O)N(CCS(=O)(=O)O)CC(COCCCCCCCCCCCCCCC)S(=O)(=O)O. The largest absolute Gasteiger partial charge is 0.380 e.